The average molecular weight is 256 g/mol. The van der Waals surface area contributed by atoms with Gasteiger partial charge in [-0.1, -0.05) is 0 Å². The highest BCUT2D eigenvalue weighted by atomic mass is 16.5. The molecule has 0 saturated carbocycles. The molecule has 2 amide bonds. The van der Waals surface area contributed by atoms with Crippen molar-refractivity contribution in [3.05, 3.63) is 0 Å². The van der Waals surface area contributed by atoms with Crippen LogP contribution < -0.4 is 5.32 Å². The van der Waals surface area contributed by atoms with Crippen molar-refractivity contribution in [3.8, 4) is 0 Å². The summed E-state index contributed by atoms with van der Waals surface area (Å²) < 4.78 is 4.75. The first kappa shape index (κ1) is 14.5. The molecule has 18 heavy (non-hydrogen) atoms. The summed E-state index contributed by atoms with van der Waals surface area (Å²) in [5.74, 6) is -0.502. The van der Waals surface area contributed by atoms with Crippen LogP contribution in [0.4, 0.5) is 0 Å². The third-order valence-corrected chi connectivity index (χ3v) is 2.89. The lowest BCUT2D eigenvalue weighted by Gasteiger charge is -2.22. The lowest BCUT2D eigenvalue weighted by molar-refractivity contribution is -0.141. The van der Waals surface area contributed by atoms with Crippen molar-refractivity contribution in [1.82, 2.24) is 10.2 Å². The van der Waals surface area contributed by atoms with Crippen LogP contribution in [0.15, 0.2) is 0 Å². The summed E-state index contributed by atoms with van der Waals surface area (Å²) in [6.45, 7) is 4.24. The first-order valence-corrected chi connectivity index (χ1v) is 6.20. The van der Waals surface area contributed by atoms with Crippen LogP contribution in [0.3, 0.4) is 0 Å². The Bertz CT molecular complexity index is 330. The molecule has 0 aromatic carbocycles. The zero-order chi connectivity index (χ0) is 13.5. The second-order valence-electron chi connectivity index (χ2n) is 4.36. The van der Waals surface area contributed by atoms with E-state index in [0.717, 1.165) is 12.8 Å². The topological polar surface area (TPSA) is 75.7 Å². The van der Waals surface area contributed by atoms with Gasteiger partial charge in [0.25, 0.3) is 0 Å². The van der Waals surface area contributed by atoms with E-state index in [1.807, 2.05) is 0 Å². The second kappa shape index (κ2) is 6.98. The van der Waals surface area contributed by atoms with E-state index >= 15 is 0 Å². The standard InChI is InChI=1S/C12H20N2O4/c1-9(15)14-7-3-5-11(14)12(17)13-6-4-8-18-10(2)16/h11H,3-8H2,1-2H3,(H,13,17)/t11-/m0/s1. The molecule has 0 bridgehead atoms. The van der Waals surface area contributed by atoms with Crippen LogP contribution in [0.1, 0.15) is 33.1 Å². The number of esters is 1. The first-order chi connectivity index (χ1) is 8.52. The fraction of sp³-hybridized carbons (Fsp3) is 0.750. The van der Waals surface area contributed by atoms with Crippen molar-refractivity contribution >= 4 is 17.8 Å². The lowest BCUT2D eigenvalue weighted by Crippen LogP contribution is -2.45. The number of nitrogens with zero attached hydrogens (tertiary/aromatic N) is 1. The van der Waals surface area contributed by atoms with E-state index in [9.17, 15) is 14.4 Å². The van der Waals surface area contributed by atoms with Gasteiger partial charge in [0.15, 0.2) is 0 Å². The number of ether oxygens (including phenoxy) is 1. The monoisotopic (exact) mass is 256 g/mol. The predicted molar refractivity (Wildman–Crippen MR) is 64.7 cm³/mol. The van der Waals surface area contributed by atoms with Gasteiger partial charge in [0.05, 0.1) is 6.61 Å². The van der Waals surface area contributed by atoms with E-state index < -0.39 is 0 Å². The fourth-order valence-electron chi connectivity index (χ4n) is 2.03. The van der Waals surface area contributed by atoms with Gasteiger partial charge in [-0.3, -0.25) is 14.4 Å². The summed E-state index contributed by atoms with van der Waals surface area (Å²) in [4.78, 5) is 35.3. The Balaban J connectivity index is 2.24. The smallest absolute Gasteiger partial charge is 0.302 e. The minimum Gasteiger partial charge on any atom is -0.466 e. The minimum atomic E-state index is -0.337. The third-order valence-electron chi connectivity index (χ3n) is 2.89. The van der Waals surface area contributed by atoms with Crippen LogP contribution in [0.2, 0.25) is 0 Å². The fourth-order valence-corrected chi connectivity index (χ4v) is 2.03. The van der Waals surface area contributed by atoms with Crippen molar-refractivity contribution in [3.63, 3.8) is 0 Å². The summed E-state index contributed by atoms with van der Waals surface area (Å²) in [6.07, 6.45) is 2.17. The molecule has 1 N–H and O–H groups in total. The highest BCUT2D eigenvalue weighted by Crippen LogP contribution is 2.17. The predicted octanol–water partition coefficient (Wildman–Crippen LogP) is 0.0667. The zero-order valence-electron chi connectivity index (χ0n) is 10.9. The first-order valence-electron chi connectivity index (χ1n) is 6.20. The number of hydrogen-bond donors (Lipinski definition) is 1. The Morgan fingerprint density at radius 1 is 1.33 bits per heavy atom. The van der Waals surface area contributed by atoms with E-state index in [-0.39, 0.29) is 23.8 Å². The molecule has 0 aromatic heterocycles. The van der Waals surface area contributed by atoms with Gasteiger partial charge in [-0.25, -0.2) is 0 Å². The Kier molecular flexibility index (Phi) is 5.61. The van der Waals surface area contributed by atoms with Gasteiger partial charge >= 0.3 is 5.97 Å². The number of carbonyl (C=O) groups excluding carboxylic acids is 3. The van der Waals surface area contributed by atoms with Crippen molar-refractivity contribution in [2.75, 3.05) is 19.7 Å². The van der Waals surface area contributed by atoms with Crippen LogP contribution in [-0.4, -0.2) is 48.4 Å². The molecule has 0 unspecified atom stereocenters. The van der Waals surface area contributed by atoms with Crippen molar-refractivity contribution in [1.29, 1.82) is 0 Å². The van der Waals surface area contributed by atoms with Gasteiger partial charge in [0.2, 0.25) is 11.8 Å². The summed E-state index contributed by atoms with van der Waals surface area (Å²) in [6, 6.07) is -0.337. The molecule has 0 radical (unpaired) electrons. The molecule has 0 aliphatic carbocycles. The van der Waals surface area contributed by atoms with E-state index in [2.05, 4.69) is 5.32 Å². The van der Waals surface area contributed by atoms with Crippen molar-refractivity contribution in [2.45, 2.75) is 39.2 Å². The number of likely N-dealkylation sites (tertiary alicyclic amines) is 1. The van der Waals surface area contributed by atoms with Crippen molar-refractivity contribution in [2.24, 2.45) is 0 Å². The maximum Gasteiger partial charge on any atom is 0.302 e. The quantitative estimate of drug-likeness (QED) is 0.558. The zero-order valence-corrected chi connectivity index (χ0v) is 10.9. The van der Waals surface area contributed by atoms with Gasteiger partial charge in [0.1, 0.15) is 6.04 Å². The van der Waals surface area contributed by atoms with Crippen LogP contribution in [0.5, 0.6) is 0 Å². The summed E-state index contributed by atoms with van der Waals surface area (Å²) in [7, 11) is 0. The molecule has 1 aliphatic rings. The SMILES string of the molecule is CC(=O)OCCCNC(=O)[C@@H]1CCCN1C(C)=O. The Morgan fingerprint density at radius 3 is 2.67 bits per heavy atom. The van der Waals surface area contributed by atoms with E-state index in [0.29, 0.717) is 26.1 Å². The Hall–Kier alpha value is -1.59. The Morgan fingerprint density at radius 2 is 2.06 bits per heavy atom. The molecular formula is C12H20N2O4. The van der Waals surface area contributed by atoms with Gasteiger partial charge in [-0.15, -0.1) is 0 Å². The molecule has 6 nitrogen and oxygen atoms in total. The summed E-state index contributed by atoms with van der Waals surface area (Å²) in [5.41, 5.74) is 0. The summed E-state index contributed by atoms with van der Waals surface area (Å²) >= 11 is 0. The van der Waals surface area contributed by atoms with Gasteiger partial charge in [0, 0.05) is 26.9 Å². The number of rotatable bonds is 5. The van der Waals surface area contributed by atoms with Crippen LogP contribution >= 0.6 is 0 Å². The molecule has 1 fully saturated rings. The maximum absolute atomic E-state index is 11.8. The molecule has 0 spiro atoms. The number of nitrogens with one attached hydrogen (secondary N) is 1. The van der Waals surface area contributed by atoms with Gasteiger partial charge < -0.3 is 15.0 Å². The normalized spacial score (nSPS) is 18.6. The Labute approximate surface area is 107 Å². The highest BCUT2D eigenvalue weighted by Gasteiger charge is 2.31. The third kappa shape index (κ3) is 4.35. The number of hydrogen-bond acceptors (Lipinski definition) is 4. The lowest BCUT2D eigenvalue weighted by atomic mass is 10.2. The summed E-state index contributed by atoms with van der Waals surface area (Å²) in [5, 5.41) is 2.76. The molecule has 1 atom stereocenters. The largest absolute Gasteiger partial charge is 0.466 e. The van der Waals surface area contributed by atoms with E-state index in [1.54, 1.807) is 4.90 Å². The second-order valence-corrected chi connectivity index (χ2v) is 4.36. The van der Waals surface area contributed by atoms with Gasteiger partial charge in [-0.2, -0.15) is 0 Å². The molecule has 1 rings (SSSR count). The van der Waals surface area contributed by atoms with E-state index in [4.69, 9.17) is 4.74 Å². The highest BCUT2D eigenvalue weighted by molar-refractivity contribution is 5.87. The number of amides is 2. The molecule has 6 heteroatoms. The van der Waals surface area contributed by atoms with Crippen LogP contribution in [0.25, 0.3) is 0 Å². The molecule has 0 aromatic rings. The molecule has 1 heterocycles. The molecular weight excluding hydrogens is 236 g/mol. The van der Waals surface area contributed by atoms with E-state index in [1.165, 1.54) is 13.8 Å². The minimum absolute atomic E-state index is 0.0624. The number of carbonyl (C=O) groups is 3. The molecule has 1 saturated heterocycles. The van der Waals surface area contributed by atoms with Crippen LogP contribution in [0, 0.1) is 0 Å². The van der Waals surface area contributed by atoms with Gasteiger partial charge in [-0.05, 0) is 19.3 Å². The van der Waals surface area contributed by atoms with Crippen LogP contribution in [-0.2, 0) is 19.1 Å². The average Bonchev–Trinajstić information content (AvgIpc) is 2.76. The maximum atomic E-state index is 11.8. The van der Waals surface area contributed by atoms with Crippen molar-refractivity contribution < 1.29 is 19.1 Å². The molecule has 1 aliphatic heterocycles. The molecule has 102 valence electrons.